The molecule has 106 valence electrons. The normalized spacial score (nSPS) is 11.1. The average molecular weight is 273 g/mol. The highest BCUT2D eigenvalue weighted by Gasteiger charge is 2.04. The lowest BCUT2D eigenvalue weighted by atomic mass is 10.1. The third-order valence-electron chi connectivity index (χ3n) is 2.89. The first-order valence-corrected chi connectivity index (χ1v) is 6.84. The van der Waals surface area contributed by atoms with Gasteiger partial charge in [-0.1, -0.05) is 13.8 Å². The van der Waals surface area contributed by atoms with Crippen LogP contribution in [0.2, 0.25) is 0 Å². The molecule has 0 unspecified atom stereocenters. The number of rotatable bonds is 5. The summed E-state index contributed by atoms with van der Waals surface area (Å²) >= 11 is 0. The fourth-order valence-corrected chi connectivity index (χ4v) is 1.97. The SMILES string of the molecule is Cc1cc(F)cc(-c2ncc(CNCC(C)C)cn2)c1. The summed E-state index contributed by atoms with van der Waals surface area (Å²) in [6.07, 6.45) is 3.58. The summed E-state index contributed by atoms with van der Waals surface area (Å²) in [5.41, 5.74) is 2.61. The van der Waals surface area contributed by atoms with Crippen molar-refractivity contribution in [2.45, 2.75) is 27.3 Å². The Hall–Kier alpha value is -1.81. The largest absolute Gasteiger partial charge is 0.312 e. The van der Waals surface area contributed by atoms with Crippen LogP contribution < -0.4 is 5.32 Å². The van der Waals surface area contributed by atoms with Crippen molar-refractivity contribution in [3.63, 3.8) is 0 Å². The van der Waals surface area contributed by atoms with E-state index in [0.29, 0.717) is 17.3 Å². The summed E-state index contributed by atoms with van der Waals surface area (Å²) in [6.45, 7) is 7.90. The molecule has 0 atom stereocenters. The standard InChI is InChI=1S/C16H20FN3/c1-11(2)7-18-8-13-9-19-16(20-10-13)14-4-12(3)5-15(17)6-14/h4-6,9-11,18H,7-8H2,1-3H3. The first-order valence-electron chi connectivity index (χ1n) is 6.84. The smallest absolute Gasteiger partial charge is 0.159 e. The number of aryl methyl sites for hydroxylation is 1. The van der Waals surface area contributed by atoms with E-state index in [1.165, 1.54) is 12.1 Å². The van der Waals surface area contributed by atoms with E-state index in [0.717, 1.165) is 24.2 Å². The second-order valence-electron chi connectivity index (χ2n) is 5.46. The van der Waals surface area contributed by atoms with Crippen molar-refractivity contribution in [3.05, 3.63) is 47.5 Å². The fraction of sp³-hybridized carbons (Fsp3) is 0.375. The molecule has 1 aromatic heterocycles. The predicted octanol–water partition coefficient (Wildman–Crippen LogP) is 3.34. The van der Waals surface area contributed by atoms with Gasteiger partial charge in [0, 0.05) is 30.1 Å². The van der Waals surface area contributed by atoms with Crippen LogP contribution in [-0.2, 0) is 6.54 Å². The molecular weight excluding hydrogens is 253 g/mol. The van der Waals surface area contributed by atoms with E-state index in [-0.39, 0.29) is 5.82 Å². The van der Waals surface area contributed by atoms with Crippen molar-refractivity contribution in [2.24, 2.45) is 5.92 Å². The Morgan fingerprint density at radius 3 is 2.45 bits per heavy atom. The van der Waals surface area contributed by atoms with E-state index < -0.39 is 0 Å². The summed E-state index contributed by atoms with van der Waals surface area (Å²) in [5, 5.41) is 3.34. The lowest BCUT2D eigenvalue weighted by Gasteiger charge is -2.07. The topological polar surface area (TPSA) is 37.8 Å². The van der Waals surface area contributed by atoms with Crippen molar-refractivity contribution in [3.8, 4) is 11.4 Å². The second-order valence-corrected chi connectivity index (χ2v) is 5.46. The molecular formula is C16H20FN3. The minimum Gasteiger partial charge on any atom is -0.312 e. The van der Waals surface area contributed by atoms with Gasteiger partial charge >= 0.3 is 0 Å². The lowest BCUT2D eigenvalue weighted by molar-refractivity contribution is 0.551. The van der Waals surface area contributed by atoms with Gasteiger partial charge in [0.2, 0.25) is 0 Å². The van der Waals surface area contributed by atoms with Gasteiger partial charge in [-0.3, -0.25) is 0 Å². The maximum Gasteiger partial charge on any atom is 0.159 e. The quantitative estimate of drug-likeness (QED) is 0.908. The van der Waals surface area contributed by atoms with Crippen LogP contribution in [0.1, 0.15) is 25.0 Å². The molecule has 20 heavy (non-hydrogen) atoms. The number of aromatic nitrogens is 2. The van der Waals surface area contributed by atoms with Crippen molar-refractivity contribution < 1.29 is 4.39 Å². The Bertz CT molecular complexity index is 544. The fourth-order valence-electron chi connectivity index (χ4n) is 1.97. The Morgan fingerprint density at radius 1 is 1.15 bits per heavy atom. The maximum absolute atomic E-state index is 13.4. The lowest BCUT2D eigenvalue weighted by Crippen LogP contribution is -2.19. The van der Waals surface area contributed by atoms with E-state index in [9.17, 15) is 4.39 Å². The van der Waals surface area contributed by atoms with Crippen LogP contribution in [-0.4, -0.2) is 16.5 Å². The minimum absolute atomic E-state index is 0.258. The van der Waals surface area contributed by atoms with Gasteiger partial charge in [0.25, 0.3) is 0 Å². The molecule has 0 spiro atoms. The van der Waals surface area contributed by atoms with Gasteiger partial charge in [-0.15, -0.1) is 0 Å². The third kappa shape index (κ3) is 4.10. The van der Waals surface area contributed by atoms with Gasteiger partial charge in [0.05, 0.1) is 0 Å². The highest BCUT2D eigenvalue weighted by Crippen LogP contribution is 2.17. The van der Waals surface area contributed by atoms with Gasteiger partial charge in [-0.05, 0) is 43.1 Å². The zero-order valence-electron chi connectivity index (χ0n) is 12.2. The molecule has 2 aromatic rings. The molecule has 0 aliphatic heterocycles. The van der Waals surface area contributed by atoms with Crippen molar-refractivity contribution in [2.75, 3.05) is 6.54 Å². The molecule has 0 radical (unpaired) electrons. The molecule has 0 bridgehead atoms. The molecule has 0 aliphatic rings. The van der Waals surface area contributed by atoms with Gasteiger partial charge in [0.1, 0.15) is 5.82 Å². The molecule has 4 heteroatoms. The monoisotopic (exact) mass is 273 g/mol. The number of hydrogen-bond donors (Lipinski definition) is 1. The maximum atomic E-state index is 13.4. The summed E-state index contributed by atoms with van der Waals surface area (Å²) in [5.74, 6) is 0.914. The zero-order chi connectivity index (χ0) is 14.5. The second kappa shape index (κ2) is 6.57. The molecule has 3 nitrogen and oxygen atoms in total. The van der Waals surface area contributed by atoms with Gasteiger partial charge < -0.3 is 5.32 Å². The predicted molar refractivity (Wildman–Crippen MR) is 78.7 cm³/mol. The van der Waals surface area contributed by atoms with Crippen LogP contribution in [0.5, 0.6) is 0 Å². The van der Waals surface area contributed by atoms with Crippen molar-refractivity contribution >= 4 is 0 Å². The van der Waals surface area contributed by atoms with E-state index in [1.54, 1.807) is 12.4 Å². The highest BCUT2D eigenvalue weighted by atomic mass is 19.1. The summed E-state index contributed by atoms with van der Waals surface area (Å²) in [6, 6.07) is 4.84. The van der Waals surface area contributed by atoms with E-state index in [1.807, 2.05) is 13.0 Å². The summed E-state index contributed by atoms with van der Waals surface area (Å²) in [7, 11) is 0. The summed E-state index contributed by atoms with van der Waals surface area (Å²) < 4.78 is 13.4. The van der Waals surface area contributed by atoms with Gasteiger partial charge in [0.15, 0.2) is 5.82 Å². The number of nitrogens with zero attached hydrogens (tertiary/aromatic N) is 2. The van der Waals surface area contributed by atoms with Crippen LogP contribution in [0.25, 0.3) is 11.4 Å². The van der Waals surface area contributed by atoms with Gasteiger partial charge in [-0.2, -0.15) is 0 Å². The first kappa shape index (κ1) is 14.6. The highest BCUT2D eigenvalue weighted by molar-refractivity contribution is 5.55. The minimum atomic E-state index is -0.258. The molecule has 0 saturated carbocycles. The molecule has 1 heterocycles. The Balaban J connectivity index is 2.07. The first-order chi connectivity index (χ1) is 9.54. The molecule has 0 saturated heterocycles. The van der Waals surface area contributed by atoms with Crippen LogP contribution in [0.4, 0.5) is 4.39 Å². The molecule has 2 rings (SSSR count). The van der Waals surface area contributed by atoms with Crippen molar-refractivity contribution in [1.29, 1.82) is 0 Å². The molecule has 1 N–H and O–H groups in total. The number of hydrogen-bond acceptors (Lipinski definition) is 3. The van der Waals surface area contributed by atoms with E-state index >= 15 is 0 Å². The molecule has 1 aromatic carbocycles. The molecule has 0 fully saturated rings. The van der Waals surface area contributed by atoms with Crippen LogP contribution in [0.3, 0.4) is 0 Å². The van der Waals surface area contributed by atoms with E-state index in [4.69, 9.17) is 0 Å². The third-order valence-corrected chi connectivity index (χ3v) is 2.89. The van der Waals surface area contributed by atoms with Crippen LogP contribution >= 0.6 is 0 Å². The zero-order valence-corrected chi connectivity index (χ0v) is 12.2. The Morgan fingerprint density at radius 2 is 1.85 bits per heavy atom. The van der Waals surface area contributed by atoms with E-state index in [2.05, 4.69) is 29.1 Å². The Kier molecular flexibility index (Phi) is 4.79. The molecule has 0 amide bonds. The Labute approximate surface area is 119 Å². The number of nitrogens with one attached hydrogen (secondary N) is 1. The van der Waals surface area contributed by atoms with Crippen LogP contribution in [0, 0.1) is 18.7 Å². The summed E-state index contributed by atoms with van der Waals surface area (Å²) in [4.78, 5) is 8.62. The van der Waals surface area contributed by atoms with Crippen LogP contribution in [0.15, 0.2) is 30.6 Å². The van der Waals surface area contributed by atoms with Gasteiger partial charge in [-0.25, -0.2) is 14.4 Å². The molecule has 0 aliphatic carbocycles. The number of benzene rings is 1. The average Bonchev–Trinajstić information content (AvgIpc) is 2.38. The van der Waals surface area contributed by atoms with Crippen molar-refractivity contribution in [1.82, 2.24) is 15.3 Å². The number of halogens is 1.